The second-order valence-electron chi connectivity index (χ2n) is 7.87. The van der Waals surface area contributed by atoms with Crippen LogP contribution in [0.5, 0.6) is 5.75 Å². The third kappa shape index (κ3) is 4.65. The minimum absolute atomic E-state index is 0.0134. The van der Waals surface area contributed by atoms with Gasteiger partial charge in [0.2, 0.25) is 0 Å². The summed E-state index contributed by atoms with van der Waals surface area (Å²) in [6.45, 7) is 1.59. The van der Waals surface area contributed by atoms with Crippen LogP contribution >= 0.6 is 0 Å². The molecule has 1 amide bonds. The zero-order valence-corrected chi connectivity index (χ0v) is 17.9. The second-order valence-corrected chi connectivity index (χ2v) is 7.87. The maximum atomic E-state index is 13.9. The first-order chi connectivity index (χ1) is 15.7. The summed E-state index contributed by atoms with van der Waals surface area (Å²) in [5.74, 6) is -0.104. The molecule has 174 valence electrons. The number of carbonyl (C=O) groups is 1. The average Bonchev–Trinajstić information content (AvgIpc) is 3.22. The lowest BCUT2D eigenvalue weighted by atomic mass is 9.96. The molecule has 1 aromatic heterocycles. The Kier molecular flexibility index (Phi) is 6.03. The Morgan fingerprint density at radius 2 is 2.03 bits per heavy atom. The molecular formula is C23H23F3N4O3. The first kappa shape index (κ1) is 22.7. The Balaban J connectivity index is 1.67. The van der Waals surface area contributed by atoms with Gasteiger partial charge in [-0.2, -0.15) is 18.3 Å². The van der Waals surface area contributed by atoms with E-state index < -0.39 is 30.3 Å². The van der Waals surface area contributed by atoms with E-state index in [0.717, 1.165) is 10.9 Å². The van der Waals surface area contributed by atoms with Gasteiger partial charge in [-0.1, -0.05) is 24.3 Å². The van der Waals surface area contributed by atoms with Crippen molar-refractivity contribution in [2.45, 2.75) is 37.7 Å². The van der Waals surface area contributed by atoms with Gasteiger partial charge in [0, 0.05) is 12.1 Å². The van der Waals surface area contributed by atoms with Crippen LogP contribution in [0.25, 0.3) is 0 Å². The van der Waals surface area contributed by atoms with Crippen molar-refractivity contribution in [3.63, 3.8) is 0 Å². The van der Waals surface area contributed by atoms with Gasteiger partial charge in [-0.05, 0) is 42.3 Å². The van der Waals surface area contributed by atoms with Gasteiger partial charge in [-0.15, -0.1) is 0 Å². The normalized spacial score (nSPS) is 18.7. The van der Waals surface area contributed by atoms with E-state index >= 15 is 0 Å². The number of methoxy groups -OCH3 is 1. The summed E-state index contributed by atoms with van der Waals surface area (Å²) >= 11 is 0. The first-order valence-corrected chi connectivity index (χ1v) is 10.3. The third-order valence-corrected chi connectivity index (χ3v) is 5.61. The van der Waals surface area contributed by atoms with Crippen LogP contribution in [0.4, 0.5) is 24.7 Å². The van der Waals surface area contributed by atoms with E-state index in [9.17, 15) is 23.1 Å². The predicted octanol–water partition coefficient (Wildman–Crippen LogP) is 4.86. The maximum absolute atomic E-state index is 13.9. The lowest BCUT2D eigenvalue weighted by Crippen LogP contribution is -2.36. The van der Waals surface area contributed by atoms with E-state index in [4.69, 9.17) is 4.74 Å². The molecule has 3 atom stereocenters. The van der Waals surface area contributed by atoms with Crippen molar-refractivity contribution in [2.24, 2.45) is 0 Å². The molecule has 0 bridgehead atoms. The topological polar surface area (TPSA) is 88.4 Å². The van der Waals surface area contributed by atoms with Crippen LogP contribution in [0.2, 0.25) is 0 Å². The van der Waals surface area contributed by atoms with E-state index in [0.29, 0.717) is 22.6 Å². The number of aliphatic hydroxyl groups excluding tert-OH is 1. The molecule has 1 aliphatic rings. The number of ether oxygens (including phenoxy) is 1. The highest BCUT2D eigenvalue weighted by atomic mass is 19.4. The van der Waals surface area contributed by atoms with Crippen LogP contribution in [-0.2, 0) is 0 Å². The number of hydrogen-bond donors (Lipinski definition) is 3. The molecule has 0 saturated carbocycles. The van der Waals surface area contributed by atoms with E-state index in [-0.39, 0.29) is 17.8 Å². The number of amides is 1. The molecule has 33 heavy (non-hydrogen) atoms. The van der Waals surface area contributed by atoms with Gasteiger partial charge in [0.05, 0.1) is 25.5 Å². The molecule has 2 heterocycles. The number of fused-ring (bicyclic) bond motifs is 1. The second kappa shape index (κ2) is 8.78. The number of carbonyl (C=O) groups excluding carboxylic acids is 1. The van der Waals surface area contributed by atoms with Gasteiger partial charge in [0.15, 0.2) is 6.04 Å². The fraction of sp³-hybridized carbons (Fsp3) is 0.304. The molecular weight excluding hydrogens is 437 g/mol. The number of nitrogens with zero attached hydrogens (tertiary/aromatic N) is 2. The molecule has 3 N–H and O–H groups in total. The number of nitrogens with one attached hydrogen (secondary N) is 2. The molecule has 0 unspecified atom stereocenters. The summed E-state index contributed by atoms with van der Waals surface area (Å²) in [7, 11) is 1.48. The minimum atomic E-state index is -4.56. The number of benzene rings is 2. The Labute approximate surface area is 188 Å². The highest BCUT2D eigenvalue weighted by Crippen LogP contribution is 2.44. The predicted molar refractivity (Wildman–Crippen MR) is 116 cm³/mol. The van der Waals surface area contributed by atoms with Crippen molar-refractivity contribution >= 4 is 17.4 Å². The zero-order valence-electron chi connectivity index (χ0n) is 17.9. The Bertz CT molecular complexity index is 1160. The Hall–Kier alpha value is -3.53. The molecule has 4 rings (SSSR count). The molecule has 0 saturated heterocycles. The van der Waals surface area contributed by atoms with Gasteiger partial charge >= 0.3 is 6.18 Å². The van der Waals surface area contributed by atoms with Crippen molar-refractivity contribution < 1.29 is 27.8 Å². The summed E-state index contributed by atoms with van der Waals surface area (Å²) in [5, 5.41) is 19.4. The van der Waals surface area contributed by atoms with E-state index in [1.807, 2.05) is 0 Å². The highest BCUT2D eigenvalue weighted by Gasteiger charge is 2.47. The van der Waals surface area contributed by atoms with E-state index in [2.05, 4.69) is 15.7 Å². The summed E-state index contributed by atoms with van der Waals surface area (Å²) in [6, 6.07) is 10.8. The summed E-state index contributed by atoms with van der Waals surface area (Å²) in [5.41, 5.74) is 1.59. The number of alkyl halides is 3. The van der Waals surface area contributed by atoms with Crippen LogP contribution in [0.3, 0.4) is 0 Å². The largest absolute Gasteiger partial charge is 0.497 e. The van der Waals surface area contributed by atoms with Crippen molar-refractivity contribution in [1.29, 1.82) is 0 Å². The van der Waals surface area contributed by atoms with Crippen LogP contribution in [0.15, 0.2) is 54.7 Å². The average molecular weight is 460 g/mol. The van der Waals surface area contributed by atoms with E-state index in [1.165, 1.54) is 7.11 Å². The first-order valence-electron chi connectivity index (χ1n) is 10.3. The number of halogens is 3. The molecule has 1 aliphatic heterocycles. The van der Waals surface area contributed by atoms with Crippen LogP contribution in [0, 0.1) is 0 Å². The van der Waals surface area contributed by atoms with Crippen molar-refractivity contribution in [3.8, 4) is 5.75 Å². The zero-order chi connectivity index (χ0) is 23.8. The molecule has 3 aromatic rings. The number of hydrogen-bond acceptors (Lipinski definition) is 5. The van der Waals surface area contributed by atoms with Crippen LogP contribution in [0.1, 0.15) is 53.0 Å². The standard InChI is InChI=1S/C23H23F3N4O3/c1-13(31)14-5-3-7-16(9-14)28-22(32)18-12-27-30-20(23(24,25)26)11-19(29-21(18)30)15-6-4-8-17(10-15)33-2/h3-10,12-13,19-20,29,31H,11H2,1-2H3,(H,28,32)/t13-,19-,20+/m1/s1. The summed E-state index contributed by atoms with van der Waals surface area (Å²) in [6.07, 6.45) is -4.45. The molecule has 0 fully saturated rings. The van der Waals surface area contributed by atoms with Gasteiger partial charge in [0.25, 0.3) is 5.91 Å². The summed E-state index contributed by atoms with van der Waals surface area (Å²) < 4.78 is 47.7. The molecule has 0 spiro atoms. The molecule has 2 aromatic carbocycles. The smallest absolute Gasteiger partial charge is 0.410 e. The molecule has 0 aliphatic carbocycles. The van der Waals surface area contributed by atoms with Gasteiger partial charge in [-0.3, -0.25) is 4.79 Å². The molecule has 0 radical (unpaired) electrons. The Morgan fingerprint density at radius 1 is 1.27 bits per heavy atom. The monoisotopic (exact) mass is 460 g/mol. The number of rotatable bonds is 5. The van der Waals surface area contributed by atoms with Crippen molar-refractivity contribution in [3.05, 3.63) is 71.4 Å². The van der Waals surface area contributed by atoms with E-state index in [1.54, 1.807) is 55.5 Å². The van der Waals surface area contributed by atoms with Crippen molar-refractivity contribution in [1.82, 2.24) is 9.78 Å². The van der Waals surface area contributed by atoms with Crippen LogP contribution in [-0.4, -0.2) is 34.1 Å². The third-order valence-electron chi connectivity index (χ3n) is 5.61. The number of aromatic nitrogens is 2. The number of anilines is 2. The quantitative estimate of drug-likeness (QED) is 0.506. The lowest BCUT2D eigenvalue weighted by molar-refractivity contribution is -0.173. The van der Waals surface area contributed by atoms with Gasteiger partial charge < -0.3 is 20.5 Å². The molecule has 10 heteroatoms. The summed E-state index contributed by atoms with van der Waals surface area (Å²) in [4.78, 5) is 13.0. The van der Waals surface area contributed by atoms with Crippen molar-refractivity contribution in [2.75, 3.05) is 17.7 Å². The Morgan fingerprint density at radius 3 is 2.73 bits per heavy atom. The number of aliphatic hydroxyl groups is 1. The highest BCUT2D eigenvalue weighted by molar-refractivity contribution is 6.07. The maximum Gasteiger partial charge on any atom is 0.410 e. The minimum Gasteiger partial charge on any atom is -0.497 e. The SMILES string of the molecule is COc1cccc([C@H]2C[C@@H](C(F)(F)F)n3ncc(C(=O)Nc4cccc([C@@H](C)O)c4)c3N2)c1. The fourth-order valence-corrected chi connectivity index (χ4v) is 3.88. The van der Waals surface area contributed by atoms with Gasteiger partial charge in [-0.25, -0.2) is 4.68 Å². The van der Waals surface area contributed by atoms with Crippen LogP contribution < -0.4 is 15.4 Å². The van der Waals surface area contributed by atoms with Gasteiger partial charge in [0.1, 0.15) is 17.1 Å². The lowest BCUT2D eigenvalue weighted by Gasteiger charge is -2.34. The molecule has 7 nitrogen and oxygen atoms in total. The fourth-order valence-electron chi connectivity index (χ4n) is 3.88.